The van der Waals surface area contributed by atoms with Gasteiger partial charge in [0.15, 0.2) is 5.11 Å². The van der Waals surface area contributed by atoms with Gasteiger partial charge in [-0.05, 0) is 42.8 Å². The zero-order valence-corrected chi connectivity index (χ0v) is 17.4. The van der Waals surface area contributed by atoms with E-state index in [2.05, 4.69) is 0 Å². The molecule has 0 saturated carbocycles. The summed E-state index contributed by atoms with van der Waals surface area (Å²) in [6, 6.07) is 6.93. The number of piperidine rings is 1. The SMILES string of the molecule is N#CC=C1CCN(c2ccc(C3C[C@@H](CN(CCO)C(N)=S)OC3=O)cc2F)CC1. The Balaban J connectivity index is 1.66. The second kappa shape index (κ2) is 9.87. The highest BCUT2D eigenvalue weighted by atomic mass is 32.1. The maximum Gasteiger partial charge on any atom is 0.313 e. The van der Waals surface area contributed by atoms with Crippen LogP contribution in [0.4, 0.5) is 10.1 Å². The van der Waals surface area contributed by atoms with Crippen LogP contribution in [0.5, 0.6) is 0 Å². The Morgan fingerprint density at radius 2 is 2.20 bits per heavy atom. The molecule has 2 saturated heterocycles. The summed E-state index contributed by atoms with van der Waals surface area (Å²) in [6.45, 7) is 1.75. The molecular formula is C21H25FN4O3S. The number of thiocarbonyl (C=S) groups is 1. The first-order valence-electron chi connectivity index (χ1n) is 9.90. The standard InChI is InChI=1S/C21H25FN4O3S/c22-18-11-15(1-2-19(18)25-7-4-14(3-6-23)5-8-25)17-12-16(29-20(17)28)13-26(9-10-27)21(24)30/h1-3,11,16-17,27H,4-5,7-10,12-13H2,(H2,24,30)/t16-,17?/m0/s1. The molecule has 1 aromatic rings. The molecule has 9 heteroatoms. The van der Waals surface area contributed by atoms with Crippen molar-refractivity contribution in [3.05, 3.63) is 41.2 Å². The molecule has 7 nitrogen and oxygen atoms in total. The quantitative estimate of drug-likeness (QED) is 0.399. The summed E-state index contributed by atoms with van der Waals surface area (Å²) < 4.78 is 20.3. The Bertz CT molecular complexity index is 875. The number of nitrogens with zero attached hydrogens (tertiary/aromatic N) is 3. The number of nitriles is 1. The van der Waals surface area contributed by atoms with Crippen molar-refractivity contribution < 1.29 is 19.0 Å². The molecule has 3 N–H and O–H groups in total. The fraction of sp³-hybridized carbons (Fsp3) is 0.476. The van der Waals surface area contributed by atoms with E-state index in [-0.39, 0.29) is 24.1 Å². The number of aliphatic hydroxyl groups excluding tert-OH is 1. The van der Waals surface area contributed by atoms with Crippen LogP contribution in [-0.2, 0) is 9.53 Å². The normalized spacial score (nSPS) is 21.2. The average molecular weight is 433 g/mol. The van der Waals surface area contributed by atoms with Crippen molar-refractivity contribution in [2.75, 3.05) is 37.7 Å². The lowest BCUT2D eigenvalue weighted by Gasteiger charge is -2.30. The third-order valence-electron chi connectivity index (χ3n) is 5.56. The zero-order valence-electron chi connectivity index (χ0n) is 16.6. The maximum atomic E-state index is 14.8. The first kappa shape index (κ1) is 22.0. The lowest BCUT2D eigenvalue weighted by molar-refractivity contribution is -0.142. The average Bonchev–Trinajstić information content (AvgIpc) is 3.08. The van der Waals surface area contributed by atoms with Gasteiger partial charge in [0.2, 0.25) is 0 Å². The molecule has 0 aliphatic carbocycles. The number of nitrogens with two attached hydrogens (primary N) is 1. The second-order valence-electron chi connectivity index (χ2n) is 7.48. The largest absolute Gasteiger partial charge is 0.460 e. The van der Waals surface area contributed by atoms with E-state index < -0.39 is 18.0 Å². The summed E-state index contributed by atoms with van der Waals surface area (Å²) in [7, 11) is 0. The fourth-order valence-corrected chi connectivity index (χ4v) is 4.13. The Hall–Kier alpha value is -2.70. The van der Waals surface area contributed by atoms with Gasteiger partial charge in [0.05, 0.1) is 30.8 Å². The van der Waals surface area contributed by atoms with Gasteiger partial charge >= 0.3 is 5.97 Å². The molecule has 30 heavy (non-hydrogen) atoms. The van der Waals surface area contributed by atoms with Crippen molar-refractivity contribution in [3.63, 3.8) is 0 Å². The van der Waals surface area contributed by atoms with E-state index in [0.717, 1.165) is 18.4 Å². The number of aliphatic hydroxyl groups is 1. The topological polar surface area (TPSA) is 103 Å². The van der Waals surface area contributed by atoms with Crippen molar-refractivity contribution in [2.45, 2.75) is 31.3 Å². The van der Waals surface area contributed by atoms with Crippen molar-refractivity contribution in [2.24, 2.45) is 5.73 Å². The third-order valence-corrected chi connectivity index (χ3v) is 5.82. The number of ether oxygens (including phenoxy) is 1. The van der Waals surface area contributed by atoms with Crippen molar-refractivity contribution in [1.82, 2.24) is 4.90 Å². The second-order valence-corrected chi connectivity index (χ2v) is 7.90. The minimum absolute atomic E-state index is 0.113. The molecule has 2 fully saturated rings. The molecule has 0 aromatic heterocycles. The highest BCUT2D eigenvalue weighted by molar-refractivity contribution is 7.80. The molecule has 0 radical (unpaired) electrons. The van der Waals surface area contributed by atoms with Gasteiger partial charge in [-0.15, -0.1) is 0 Å². The van der Waals surface area contributed by atoms with Crippen LogP contribution in [-0.4, -0.2) is 60.0 Å². The molecular weight excluding hydrogens is 407 g/mol. The molecule has 2 aliphatic rings. The molecule has 0 amide bonds. The molecule has 2 atom stereocenters. The van der Waals surface area contributed by atoms with Gasteiger partial charge in [0, 0.05) is 32.1 Å². The lowest BCUT2D eigenvalue weighted by atomic mass is 9.94. The minimum atomic E-state index is -0.549. The summed E-state index contributed by atoms with van der Waals surface area (Å²) in [5.74, 6) is -1.32. The Labute approximate surface area is 180 Å². The van der Waals surface area contributed by atoms with Gasteiger partial charge < -0.3 is 25.4 Å². The fourth-order valence-electron chi connectivity index (χ4n) is 3.96. The molecule has 3 rings (SSSR count). The smallest absolute Gasteiger partial charge is 0.313 e. The third kappa shape index (κ3) is 5.07. The number of esters is 1. The van der Waals surface area contributed by atoms with E-state index in [4.69, 9.17) is 33.1 Å². The number of hydrogen-bond acceptors (Lipinski definition) is 6. The van der Waals surface area contributed by atoms with Crippen molar-refractivity contribution in [1.29, 1.82) is 5.26 Å². The predicted octanol–water partition coefficient (Wildman–Crippen LogP) is 1.81. The van der Waals surface area contributed by atoms with Crippen LogP contribution in [0.15, 0.2) is 29.8 Å². The Kier molecular flexibility index (Phi) is 7.24. The molecule has 0 spiro atoms. The van der Waals surface area contributed by atoms with Crippen LogP contribution < -0.4 is 10.6 Å². The predicted molar refractivity (Wildman–Crippen MR) is 114 cm³/mol. The van der Waals surface area contributed by atoms with E-state index in [1.807, 2.05) is 11.0 Å². The molecule has 2 aliphatic heterocycles. The van der Waals surface area contributed by atoms with E-state index >= 15 is 0 Å². The summed E-state index contributed by atoms with van der Waals surface area (Å²) in [4.78, 5) is 15.9. The van der Waals surface area contributed by atoms with Crippen LogP contribution in [0.25, 0.3) is 0 Å². The number of carbonyl (C=O) groups excluding carboxylic acids is 1. The van der Waals surface area contributed by atoms with E-state index in [0.29, 0.717) is 37.3 Å². The van der Waals surface area contributed by atoms with Crippen LogP contribution >= 0.6 is 12.2 Å². The zero-order chi connectivity index (χ0) is 21.7. The number of cyclic esters (lactones) is 1. The molecule has 160 valence electrons. The minimum Gasteiger partial charge on any atom is -0.460 e. The molecule has 2 heterocycles. The number of hydrogen-bond donors (Lipinski definition) is 2. The maximum absolute atomic E-state index is 14.8. The Morgan fingerprint density at radius 1 is 1.47 bits per heavy atom. The first-order valence-corrected chi connectivity index (χ1v) is 10.3. The van der Waals surface area contributed by atoms with E-state index in [1.165, 1.54) is 6.07 Å². The molecule has 1 unspecified atom stereocenters. The molecule has 0 bridgehead atoms. The van der Waals surface area contributed by atoms with Gasteiger partial charge in [0.25, 0.3) is 0 Å². The number of benzene rings is 1. The van der Waals surface area contributed by atoms with Gasteiger partial charge in [-0.2, -0.15) is 5.26 Å². The van der Waals surface area contributed by atoms with Gasteiger partial charge in [0.1, 0.15) is 11.9 Å². The van der Waals surface area contributed by atoms with Crippen LogP contribution in [0.1, 0.15) is 30.7 Å². The van der Waals surface area contributed by atoms with Gasteiger partial charge in [-0.3, -0.25) is 4.79 Å². The van der Waals surface area contributed by atoms with Gasteiger partial charge in [-0.1, -0.05) is 11.6 Å². The number of anilines is 1. The first-order chi connectivity index (χ1) is 14.4. The summed E-state index contributed by atoms with van der Waals surface area (Å²) in [5, 5.41) is 18.0. The highest BCUT2D eigenvalue weighted by Crippen LogP contribution is 2.34. The highest BCUT2D eigenvalue weighted by Gasteiger charge is 2.37. The monoisotopic (exact) mass is 432 g/mol. The van der Waals surface area contributed by atoms with Crippen LogP contribution in [0.3, 0.4) is 0 Å². The Morgan fingerprint density at radius 3 is 2.80 bits per heavy atom. The molecule has 1 aromatic carbocycles. The van der Waals surface area contributed by atoms with Crippen LogP contribution in [0.2, 0.25) is 0 Å². The van der Waals surface area contributed by atoms with Gasteiger partial charge in [-0.25, -0.2) is 4.39 Å². The number of allylic oxidation sites excluding steroid dienone is 1. The van der Waals surface area contributed by atoms with E-state index in [1.54, 1.807) is 23.1 Å². The number of carbonyl (C=O) groups is 1. The van der Waals surface area contributed by atoms with E-state index in [9.17, 15) is 9.18 Å². The van der Waals surface area contributed by atoms with Crippen molar-refractivity contribution >= 4 is 29.0 Å². The lowest BCUT2D eigenvalue weighted by Crippen LogP contribution is -2.42. The summed E-state index contributed by atoms with van der Waals surface area (Å²) in [5.41, 5.74) is 7.81. The van der Waals surface area contributed by atoms with Crippen LogP contribution in [0, 0.1) is 17.1 Å². The number of halogens is 1. The summed E-state index contributed by atoms with van der Waals surface area (Å²) in [6.07, 6.45) is 3.01. The number of rotatable bonds is 6. The summed E-state index contributed by atoms with van der Waals surface area (Å²) >= 11 is 4.96. The van der Waals surface area contributed by atoms with Crippen molar-refractivity contribution in [3.8, 4) is 6.07 Å².